The number of nitrogens with one attached hydrogen (secondary N) is 2. The Labute approximate surface area is 290 Å². The Morgan fingerprint density at radius 2 is 1.51 bits per heavy atom. The summed E-state index contributed by atoms with van der Waals surface area (Å²) in [7, 11) is -3.82. The lowest BCUT2D eigenvalue weighted by Gasteiger charge is -2.26. The standard InChI is InChI=1S/C39H49N3O6S/c40-37(41)32-21-17-30(18-22-32)20-24-36(43)35(23-19-29-11-5-2-6-12-29)42-38(44)34(16-7-13-28-9-3-1-4-10-28)27-49(47,48)26-31-14-8-15-33(25-31)39(45)46/h1,3-4,8-10,14-15,17-18,21-22,25,29,34-35H,2,5-7,11-13,16,19-20,23-24,26-27H2,(H3,40,41)(H,42,44)(H,45,46)/t34-,35-/m0/s1. The first kappa shape index (κ1) is 37.5. The minimum atomic E-state index is -3.82. The lowest BCUT2D eigenvalue weighted by Crippen LogP contribution is -2.45. The van der Waals surface area contributed by atoms with Crippen LogP contribution in [0.2, 0.25) is 0 Å². The second-order valence-corrected chi connectivity index (χ2v) is 15.5. The highest BCUT2D eigenvalue weighted by Gasteiger charge is 2.30. The van der Waals surface area contributed by atoms with Gasteiger partial charge in [0.15, 0.2) is 15.6 Å². The summed E-state index contributed by atoms with van der Waals surface area (Å²) in [5.74, 6) is -2.86. The zero-order chi connectivity index (χ0) is 35.2. The first-order chi connectivity index (χ1) is 23.5. The van der Waals surface area contributed by atoms with Crippen LogP contribution in [0.4, 0.5) is 0 Å². The molecule has 0 unspecified atom stereocenters. The minimum Gasteiger partial charge on any atom is -0.478 e. The molecule has 10 heteroatoms. The maximum Gasteiger partial charge on any atom is 0.335 e. The van der Waals surface area contributed by atoms with Gasteiger partial charge in [-0.1, -0.05) is 98.8 Å². The van der Waals surface area contributed by atoms with Crippen molar-refractivity contribution >= 4 is 33.3 Å². The van der Waals surface area contributed by atoms with Crippen molar-refractivity contribution in [2.24, 2.45) is 17.6 Å². The van der Waals surface area contributed by atoms with Gasteiger partial charge in [0.2, 0.25) is 5.91 Å². The zero-order valence-electron chi connectivity index (χ0n) is 28.1. The molecular formula is C39H49N3O6S. The van der Waals surface area contributed by atoms with Crippen LogP contribution in [0.3, 0.4) is 0 Å². The fourth-order valence-electron chi connectivity index (χ4n) is 6.68. The Morgan fingerprint density at radius 3 is 2.18 bits per heavy atom. The van der Waals surface area contributed by atoms with E-state index in [1.165, 1.54) is 37.5 Å². The third-order valence-electron chi connectivity index (χ3n) is 9.47. The Morgan fingerprint density at radius 1 is 0.837 bits per heavy atom. The number of nitrogens with two attached hydrogens (primary N) is 1. The number of ketones is 1. The average molecular weight is 688 g/mol. The predicted octanol–water partition coefficient (Wildman–Crippen LogP) is 6.27. The SMILES string of the molecule is N=C(N)c1ccc(CCC(=O)[C@H](CCC2CCCCC2)NC(=O)[C@@H](CCCc2ccccc2)CS(=O)(=O)Cc2cccc(C(=O)O)c2)cc1. The Hall–Kier alpha value is -4.31. The summed E-state index contributed by atoms with van der Waals surface area (Å²) in [6.07, 6.45) is 9.38. The molecule has 0 heterocycles. The summed E-state index contributed by atoms with van der Waals surface area (Å²) < 4.78 is 27.0. The number of amidine groups is 1. The molecule has 9 nitrogen and oxygen atoms in total. The van der Waals surface area contributed by atoms with Crippen molar-refractivity contribution in [1.82, 2.24) is 5.32 Å². The summed E-state index contributed by atoms with van der Waals surface area (Å²) in [6.45, 7) is 0. The molecule has 0 saturated heterocycles. The highest BCUT2D eigenvalue weighted by atomic mass is 32.2. The number of rotatable bonds is 19. The van der Waals surface area contributed by atoms with Crippen molar-refractivity contribution in [3.8, 4) is 0 Å². The van der Waals surface area contributed by atoms with Crippen molar-refractivity contribution in [3.05, 3.63) is 107 Å². The molecule has 1 saturated carbocycles. The van der Waals surface area contributed by atoms with Gasteiger partial charge in [-0.05, 0) is 73.3 Å². The van der Waals surface area contributed by atoms with E-state index >= 15 is 0 Å². The fraction of sp³-hybridized carbons (Fsp3) is 0.436. The summed E-state index contributed by atoms with van der Waals surface area (Å²) >= 11 is 0. The van der Waals surface area contributed by atoms with Crippen LogP contribution in [0.1, 0.15) is 96.8 Å². The van der Waals surface area contributed by atoms with Gasteiger partial charge in [0, 0.05) is 12.0 Å². The largest absolute Gasteiger partial charge is 0.478 e. The van der Waals surface area contributed by atoms with Crippen LogP contribution >= 0.6 is 0 Å². The van der Waals surface area contributed by atoms with Crippen molar-refractivity contribution in [2.45, 2.75) is 88.8 Å². The number of carboxylic acids is 1. The van der Waals surface area contributed by atoms with E-state index in [9.17, 15) is 27.9 Å². The number of carbonyl (C=O) groups is 3. The molecule has 0 spiro atoms. The van der Waals surface area contributed by atoms with Gasteiger partial charge in [0.1, 0.15) is 5.84 Å². The van der Waals surface area contributed by atoms with Gasteiger partial charge in [-0.3, -0.25) is 15.0 Å². The predicted molar refractivity (Wildman–Crippen MR) is 192 cm³/mol. The molecular weight excluding hydrogens is 639 g/mol. The second kappa shape index (κ2) is 18.5. The molecule has 49 heavy (non-hydrogen) atoms. The van der Waals surface area contributed by atoms with Crippen LogP contribution in [0, 0.1) is 17.2 Å². The summed E-state index contributed by atoms with van der Waals surface area (Å²) in [6, 6.07) is 22.1. The molecule has 0 bridgehead atoms. The maximum absolute atomic E-state index is 14.0. The van der Waals surface area contributed by atoms with Crippen LogP contribution in [0.25, 0.3) is 0 Å². The van der Waals surface area contributed by atoms with Crippen LogP contribution in [0.15, 0.2) is 78.9 Å². The van der Waals surface area contributed by atoms with Gasteiger partial charge in [-0.2, -0.15) is 0 Å². The number of aryl methyl sites for hydroxylation is 2. The number of amides is 1. The zero-order valence-corrected chi connectivity index (χ0v) is 28.9. The van der Waals surface area contributed by atoms with Crippen molar-refractivity contribution in [1.29, 1.82) is 5.41 Å². The fourth-order valence-corrected chi connectivity index (χ4v) is 8.41. The van der Waals surface area contributed by atoms with E-state index in [0.29, 0.717) is 49.1 Å². The molecule has 1 aliphatic rings. The Balaban J connectivity index is 1.49. The molecule has 0 radical (unpaired) electrons. The Kier molecular flexibility index (Phi) is 14.1. The lowest BCUT2D eigenvalue weighted by atomic mass is 9.84. The number of sulfone groups is 1. The number of nitrogen functional groups attached to an aromatic ring is 1. The first-order valence-electron chi connectivity index (χ1n) is 17.3. The van der Waals surface area contributed by atoms with Crippen LogP contribution in [0.5, 0.6) is 0 Å². The maximum atomic E-state index is 14.0. The molecule has 0 aromatic heterocycles. The molecule has 1 amide bonds. The highest BCUT2D eigenvalue weighted by molar-refractivity contribution is 7.90. The molecule has 5 N–H and O–H groups in total. The van der Waals surface area contributed by atoms with Gasteiger partial charge in [0.25, 0.3) is 0 Å². The van der Waals surface area contributed by atoms with Crippen molar-refractivity contribution in [3.63, 3.8) is 0 Å². The Bertz CT molecular complexity index is 1670. The number of carbonyl (C=O) groups excluding carboxylic acids is 2. The molecule has 3 aromatic rings. The van der Waals surface area contributed by atoms with E-state index in [-0.39, 0.29) is 29.4 Å². The van der Waals surface area contributed by atoms with Crippen LogP contribution < -0.4 is 11.1 Å². The van der Waals surface area contributed by atoms with Crippen LogP contribution in [-0.4, -0.2) is 48.8 Å². The summed E-state index contributed by atoms with van der Waals surface area (Å²) in [5.41, 5.74) is 8.54. The van der Waals surface area contributed by atoms with Crippen molar-refractivity contribution in [2.75, 3.05) is 5.75 Å². The van der Waals surface area contributed by atoms with E-state index in [2.05, 4.69) is 5.32 Å². The molecule has 262 valence electrons. The lowest BCUT2D eigenvalue weighted by molar-refractivity contribution is -0.130. The van der Waals surface area contributed by atoms with Gasteiger partial charge < -0.3 is 16.2 Å². The summed E-state index contributed by atoms with van der Waals surface area (Å²) in [5, 5.41) is 20.0. The van der Waals surface area contributed by atoms with Gasteiger partial charge in [-0.25, -0.2) is 13.2 Å². The third-order valence-corrected chi connectivity index (χ3v) is 11.1. The van der Waals surface area contributed by atoms with E-state index < -0.39 is 39.4 Å². The highest BCUT2D eigenvalue weighted by Crippen LogP contribution is 2.28. The normalized spacial score (nSPS) is 14.9. The van der Waals surface area contributed by atoms with E-state index in [0.717, 1.165) is 30.4 Å². The number of aromatic carboxylic acids is 1. The van der Waals surface area contributed by atoms with Crippen LogP contribution in [-0.2, 0) is 38.0 Å². The number of carboxylic acid groups (broad SMARTS) is 1. The molecule has 0 aliphatic heterocycles. The quantitative estimate of drug-likeness (QED) is 0.0851. The molecule has 1 aliphatic carbocycles. The number of hydrogen-bond acceptors (Lipinski definition) is 6. The van der Waals surface area contributed by atoms with E-state index in [1.807, 2.05) is 42.5 Å². The molecule has 2 atom stereocenters. The molecule has 3 aromatic carbocycles. The first-order valence-corrected chi connectivity index (χ1v) is 19.1. The van der Waals surface area contributed by atoms with Gasteiger partial charge in [0.05, 0.1) is 29.0 Å². The van der Waals surface area contributed by atoms with E-state index in [4.69, 9.17) is 11.1 Å². The number of Topliss-reactive ketones (excluding diaryl/α,β-unsaturated/α-hetero) is 1. The average Bonchev–Trinajstić information content (AvgIpc) is 3.09. The van der Waals surface area contributed by atoms with E-state index in [1.54, 1.807) is 18.2 Å². The topological polar surface area (TPSA) is 167 Å². The molecule has 4 rings (SSSR count). The second-order valence-electron chi connectivity index (χ2n) is 13.4. The van der Waals surface area contributed by atoms with Gasteiger partial charge >= 0.3 is 5.97 Å². The van der Waals surface area contributed by atoms with Crippen molar-refractivity contribution < 1.29 is 27.9 Å². The summed E-state index contributed by atoms with van der Waals surface area (Å²) in [4.78, 5) is 39.1. The smallest absolute Gasteiger partial charge is 0.335 e. The minimum absolute atomic E-state index is 0.000954. The number of benzene rings is 3. The number of hydrogen-bond donors (Lipinski definition) is 4. The monoisotopic (exact) mass is 687 g/mol. The third kappa shape index (κ3) is 12.6. The van der Waals surface area contributed by atoms with Gasteiger partial charge in [-0.15, -0.1) is 0 Å². The molecule has 1 fully saturated rings.